The summed E-state index contributed by atoms with van der Waals surface area (Å²) in [7, 11) is 2.00. The fourth-order valence-electron chi connectivity index (χ4n) is 3.40. The number of anilines is 2. The number of rotatable bonds is 6. The number of hydrogen-bond acceptors (Lipinski definition) is 3. The Morgan fingerprint density at radius 3 is 1.08 bits per heavy atom. The molecule has 2 N–H and O–H groups in total. The molecule has 0 amide bonds. The van der Waals surface area contributed by atoms with E-state index in [1.165, 1.54) is 28.1 Å². The van der Waals surface area contributed by atoms with E-state index >= 15 is 0 Å². The molecule has 0 heterocycles. The van der Waals surface area contributed by atoms with Gasteiger partial charge in [0.05, 0.1) is 0 Å². The smallest absolute Gasteiger partial charge is 0.0421 e. The maximum atomic E-state index is 7.00. The summed E-state index contributed by atoms with van der Waals surface area (Å²) in [6, 6.07) is 42.3. The normalized spacial score (nSPS) is 8.67. The van der Waals surface area contributed by atoms with Crippen molar-refractivity contribution in [2.75, 3.05) is 25.7 Å². The molecule has 0 atom stereocenters. The molecule has 36 heavy (non-hydrogen) atoms. The van der Waals surface area contributed by atoms with Crippen molar-refractivity contribution < 1.29 is 10.2 Å². The zero-order chi connectivity index (χ0) is 27.0. The SMILES string of the molecule is C(CN(c1ccccc1)c1ccccc1)=C(c1ccccc1)c1ccccc1.CC.CC.CO.CO. The minimum absolute atomic E-state index is 0.785. The van der Waals surface area contributed by atoms with E-state index in [-0.39, 0.29) is 0 Å². The summed E-state index contributed by atoms with van der Waals surface area (Å²) >= 11 is 0. The van der Waals surface area contributed by atoms with Gasteiger partial charge in [-0.2, -0.15) is 0 Å². The minimum atomic E-state index is 0.785. The first-order chi connectivity index (χ1) is 17.9. The first-order valence-corrected chi connectivity index (χ1v) is 12.5. The molecule has 3 heteroatoms. The van der Waals surface area contributed by atoms with Crippen molar-refractivity contribution in [3.05, 3.63) is 139 Å². The largest absolute Gasteiger partial charge is 0.400 e. The third kappa shape index (κ3) is 10.7. The van der Waals surface area contributed by atoms with Crippen LogP contribution in [0.5, 0.6) is 0 Å². The van der Waals surface area contributed by atoms with Gasteiger partial charge in [-0.15, -0.1) is 0 Å². The van der Waals surface area contributed by atoms with E-state index < -0.39 is 0 Å². The average Bonchev–Trinajstić information content (AvgIpc) is 3.01. The predicted molar refractivity (Wildman–Crippen MR) is 159 cm³/mol. The highest BCUT2D eigenvalue weighted by Gasteiger charge is 2.10. The van der Waals surface area contributed by atoms with Crippen LogP contribution in [-0.2, 0) is 0 Å². The highest BCUT2D eigenvalue weighted by atomic mass is 16.2. The van der Waals surface area contributed by atoms with Gasteiger partial charge in [-0.3, -0.25) is 0 Å². The molecule has 0 aliphatic heterocycles. The zero-order valence-corrected chi connectivity index (χ0v) is 22.7. The monoisotopic (exact) mass is 485 g/mol. The number of para-hydroxylation sites is 2. The van der Waals surface area contributed by atoms with Crippen LogP contribution in [0.3, 0.4) is 0 Å². The highest BCUT2D eigenvalue weighted by molar-refractivity contribution is 5.80. The molecule has 0 saturated heterocycles. The van der Waals surface area contributed by atoms with E-state index in [1.54, 1.807) is 0 Å². The molecule has 0 spiro atoms. The summed E-state index contributed by atoms with van der Waals surface area (Å²) in [6.07, 6.45) is 2.32. The molecular formula is C33H43NO2. The number of benzene rings is 4. The van der Waals surface area contributed by atoms with Crippen molar-refractivity contribution in [2.45, 2.75) is 27.7 Å². The summed E-state index contributed by atoms with van der Waals surface area (Å²) in [4.78, 5) is 2.34. The Hall–Kier alpha value is -3.66. The van der Waals surface area contributed by atoms with Crippen molar-refractivity contribution >= 4 is 16.9 Å². The van der Waals surface area contributed by atoms with Gasteiger partial charge in [0, 0.05) is 32.1 Å². The molecule has 0 fully saturated rings. The average molecular weight is 486 g/mol. The molecule has 0 aliphatic carbocycles. The molecule has 4 rings (SSSR count). The van der Waals surface area contributed by atoms with Crippen molar-refractivity contribution in [3.8, 4) is 0 Å². The minimum Gasteiger partial charge on any atom is -0.400 e. The maximum Gasteiger partial charge on any atom is 0.0421 e. The summed E-state index contributed by atoms with van der Waals surface area (Å²) in [6.45, 7) is 8.78. The van der Waals surface area contributed by atoms with Gasteiger partial charge in [0.1, 0.15) is 0 Å². The summed E-state index contributed by atoms with van der Waals surface area (Å²) in [5, 5.41) is 14.0. The molecular weight excluding hydrogens is 442 g/mol. The molecule has 3 nitrogen and oxygen atoms in total. The van der Waals surface area contributed by atoms with Gasteiger partial charge >= 0.3 is 0 Å². The van der Waals surface area contributed by atoms with Crippen LogP contribution in [0.25, 0.3) is 5.57 Å². The van der Waals surface area contributed by atoms with Crippen molar-refractivity contribution in [1.82, 2.24) is 0 Å². The van der Waals surface area contributed by atoms with Crippen LogP contribution >= 0.6 is 0 Å². The first kappa shape index (κ1) is 32.3. The fraction of sp³-hybridized carbons (Fsp3) is 0.212. The Balaban J connectivity index is 0.00000140. The van der Waals surface area contributed by atoms with Gasteiger partial charge in [-0.1, -0.05) is 131 Å². The van der Waals surface area contributed by atoms with Crippen LogP contribution in [0.1, 0.15) is 38.8 Å². The lowest BCUT2D eigenvalue weighted by Crippen LogP contribution is -2.17. The standard InChI is InChI=1S/C27H23N.2C2H6.2CH4O/c1-5-13-23(14-6-1)27(24-15-7-2-8-16-24)21-22-28(25-17-9-3-10-18-25)26-19-11-4-12-20-26;4*1-2/h1-21H,22H2;2*1-2H3;2*2H,1H3. The van der Waals surface area contributed by atoms with E-state index in [9.17, 15) is 0 Å². The Bertz CT molecular complexity index is 937. The summed E-state index contributed by atoms with van der Waals surface area (Å²) in [5.74, 6) is 0. The van der Waals surface area contributed by atoms with Crippen LogP contribution in [0.4, 0.5) is 11.4 Å². The van der Waals surface area contributed by atoms with E-state index in [2.05, 4.69) is 132 Å². The lowest BCUT2D eigenvalue weighted by Gasteiger charge is -2.24. The van der Waals surface area contributed by atoms with Crippen LogP contribution < -0.4 is 4.90 Å². The van der Waals surface area contributed by atoms with Gasteiger partial charge in [0.15, 0.2) is 0 Å². The molecule has 0 radical (unpaired) electrons. The van der Waals surface area contributed by atoms with Gasteiger partial charge < -0.3 is 15.1 Å². The number of aliphatic hydroxyl groups is 2. The lowest BCUT2D eigenvalue weighted by molar-refractivity contribution is 0.399. The maximum absolute atomic E-state index is 7.00. The molecule has 0 saturated carbocycles. The lowest BCUT2D eigenvalue weighted by atomic mass is 9.97. The van der Waals surface area contributed by atoms with Crippen molar-refractivity contribution in [3.63, 3.8) is 0 Å². The predicted octanol–water partition coefficient (Wildman–Crippen LogP) is 8.23. The molecule has 0 aromatic heterocycles. The van der Waals surface area contributed by atoms with Gasteiger partial charge in [-0.05, 0) is 41.0 Å². The summed E-state index contributed by atoms with van der Waals surface area (Å²) < 4.78 is 0. The van der Waals surface area contributed by atoms with Gasteiger partial charge in [-0.25, -0.2) is 0 Å². The number of hydrogen-bond donors (Lipinski definition) is 2. The van der Waals surface area contributed by atoms with Crippen LogP contribution in [0.2, 0.25) is 0 Å². The molecule has 4 aromatic rings. The Morgan fingerprint density at radius 1 is 0.500 bits per heavy atom. The van der Waals surface area contributed by atoms with Crippen molar-refractivity contribution in [2.24, 2.45) is 0 Å². The topological polar surface area (TPSA) is 43.7 Å². The molecule has 0 bridgehead atoms. The quantitative estimate of drug-likeness (QED) is 0.289. The van der Waals surface area contributed by atoms with Crippen molar-refractivity contribution in [1.29, 1.82) is 0 Å². The highest BCUT2D eigenvalue weighted by Crippen LogP contribution is 2.27. The summed E-state index contributed by atoms with van der Waals surface area (Å²) in [5.41, 5.74) is 6.08. The van der Waals surface area contributed by atoms with Crippen LogP contribution in [-0.4, -0.2) is 31.0 Å². The second kappa shape index (κ2) is 21.8. The molecule has 0 aliphatic rings. The molecule has 4 aromatic carbocycles. The second-order valence-electron chi connectivity index (χ2n) is 6.63. The van der Waals surface area contributed by atoms with E-state index in [0.29, 0.717) is 0 Å². The van der Waals surface area contributed by atoms with Gasteiger partial charge in [0.2, 0.25) is 0 Å². The van der Waals surface area contributed by atoms with Gasteiger partial charge in [0.25, 0.3) is 0 Å². The first-order valence-electron chi connectivity index (χ1n) is 12.5. The Labute approximate surface area is 219 Å². The van der Waals surface area contributed by atoms with E-state index in [1.807, 2.05) is 27.7 Å². The number of aliphatic hydroxyl groups excluding tert-OH is 2. The fourth-order valence-corrected chi connectivity index (χ4v) is 3.40. The second-order valence-corrected chi connectivity index (χ2v) is 6.63. The Kier molecular flexibility index (Phi) is 19.6. The van der Waals surface area contributed by atoms with Crippen LogP contribution in [0, 0.1) is 0 Å². The molecule has 192 valence electrons. The third-order valence-corrected chi connectivity index (χ3v) is 4.78. The third-order valence-electron chi connectivity index (χ3n) is 4.78. The Morgan fingerprint density at radius 2 is 0.778 bits per heavy atom. The number of nitrogens with zero attached hydrogens (tertiary/aromatic N) is 1. The van der Waals surface area contributed by atoms with Crippen LogP contribution in [0.15, 0.2) is 127 Å². The van der Waals surface area contributed by atoms with E-state index in [4.69, 9.17) is 10.2 Å². The van der Waals surface area contributed by atoms with E-state index in [0.717, 1.165) is 20.8 Å². The molecule has 0 unspecified atom stereocenters. The zero-order valence-electron chi connectivity index (χ0n) is 22.7.